The Hall–Kier alpha value is -1.62. The summed E-state index contributed by atoms with van der Waals surface area (Å²) >= 11 is 0. The first kappa shape index (κ1) is 13.4. The molecule has 20 heavy (non-hydrogen) atoms. The van der Waals surface area contributed by atoms with E-state index < -0.39 is 11.7 Å². The molecule has 0 aliphatic carbocycles. The van der Waals surface area contributed by atoms with Gasteiger partial charge in [0.25, 0.3) is 0 Å². The van der Waals surface area contributed by atoms with E-state index in [0.717, 1.165) is 18.4 Å². The lowest BCUT2D eigenvalue weighted by Crippen LogP contribution is -2.55. The number of aromatic nitrogens is 1. The summed E-state index contributed by atoms with van der Waals surface area (Å²) in [5, 5.41) is 10.7. The summed E-state index contributed by atoms with van der Waals surface area (Å²) in [4.78, 5) is 18.1. The predicted molar refractivity (Wildman–Crippen MR) is 73.3 cm³/mol. The van der Waals surface area contributed by atoms with Gasteiger partial charge in [-0.2, -0.15) is 0 Å². The van der Waals surface area contributed by atoms with Gasteiger partial charge in [0.05, 0.1) is 6.04 Å². The summed E-state index contributed by atoms with van der Waals surface area (Å²) in [7, 11) is 0. The van der Waals surface area contributed by atoms with Crippen LogP contribution in [0.2, 0.25) is 0 Å². The van der Waals surface area contributed by atoms with E-state index in [1.165, 1.54) is 0 Å². The molecular formula is C15H20N2O3. The van der Waals surface area contributed by atoms with Crippen LogP contribution >= 0.6 is 0 Å². The second-order valence-corrected chi connectivity index (χ2v) is 6.05. The van der Waals surface area contributed by atoms with Gasteiger partial charge in [-0.15, -0.1) is 0 Å². The maximum Gasteiger partial charge on any atom is 0.223 e. The van der Waals surface area contributed by atoms with Crippen LogP contribution in [0.25, 0.3) is 0 Å². The molecule has 1 aromatic heterocycles. The molecule has 1 fully saturated rings. The van der Waals surface area contributed by atoms with Crippen LogP contribution in [0.3, 0.4) is 0 Å². The number of piperidine rings is 1. The number of aliphatic hydroxyl groups excluding tert-OH is 1. The van der Waals surface area contributed by atoms with Gasteiger partial charge in [-0.25, -0.2) is 0 Å². The molecule has 5 heteroatoms. The van der Waals surface area contributed by atoms with E-state index in [-0.39, 0.29) is 11.9 Å². The fourth-order valence-electron chi connectivity index (χ4n) is 3.06. The highest BCUT2D eigenvalue weighted by Crippen LogP contribution is 2.43. The lowest BCUT2D eigenvalue weighted by Gasteiger charge is -2.47. The summed E-state index contributed by atoms with van der Waals surface area (Å²) < 4.78 is 5.86. The van der Waals surface area contributed by atoms with Crippen molar-refractivity contribution in [3.63, 3.8) is 0 Å². The molecule has 0 unspecified atom stereocenters. The van der Waals surface area contributed by atoms with Gasteiger partial charge < -0.3 is 14.7 Å². The zero-order valence-corrected chi connectivity index (χ0v) is 11.9. The fraction of sp³-hybridized carbons (Fsp3) is 0.600. The van der Waals surface area contributed by atoms with Crippen LogP contribution in [0, 0.1) is 0 Å². The molecule has 0 spiro atoms. The lowest BCUT2D eigenvalue weighted by molar-refractivity contribution is -0.147. The maximum atomic E-state index is 12.2. The Morgan fingerprint density at radius 3 is 3.00 bits per heavy atom. The van der Waals surface area contributed by atoms with E-state index in [2.05, 4.69) is 4.98 Å². The first-order valence-corrected chi connectivity index (χ1v) is 7.11. The number of rotatable bonds is 1. The molecule has 2 aliphatic heterocycles. The number of hydrogen-bond donors (Lipinski definition) is 1. The van der Waals surface area contributed by atoms with E-state index in [9.17, 15) is 9.90 Å². The Morgan fingerprint density at radius 2 is 2.25 bits per heavy atom. The Labute approximate surface area is 118 Å². The van der Waals surface area contributed by atoms with Crippen LogP contribution < -0.4 is 4.74 Å². The molecule has 0 aromatic carbocycles. The molecular weight excluding hydrogens is 256 g/mol. The van der Waals surface area contributed by atoms with Crippen LogP contribution in [0.4, 0.5) is 0 Å². The second kappa shape index (κ2) is 4.74. The van der Waals surface area contributed by atoms with E-state index in [1.54, 1.807) is 23.4 Å². The number of carbonyl (C=O) groups is 1. The zero-order chi connectivity index (χ0) is 14.3. The lowest BCUT2D eigenvalue weighted by atomic mass is 9.85. The highest BCUT2D eigenvalue weighted by molar-refractivity contribution is 5.77. The third kappa shape index (κ3) is 2.06. The van der Waals surface area contributed by atoms with Gasteiger partial charge in [-0.05, 0) is 32.8 Å². The van der Waals surface area contributed by atoms with Gasteiger partial charge in [-0.1, -0.05) is 0 Å². The standard InChI is InChI=1S/C15H20N2O3/c1-15(2)14(19)13(17-8-4-3-5-12(17)18)10-9-16-7-6-11(10)20-15/h6-7,9,13-14,19H,3-5,8H2,1-2H3/t13-,14+/m1/s1. The fourth-order valence-corrected chi connectivity index (χ4v) is 3.06. The van der Waals surface area contributed by atoms with Crippen molar-refractivity contribution in [3.8, 4) is 5.75 Å². The minimum absolute atomic E-state index is 0.104. The normalized spacial score (nSPS) is 28.8. The molecule has 5 nitrogen and oxygen atoms in total. The summed E-state index contributed by atoms with van der Waals surface area (Å²) in [6.45, 7) is 4.38. The molecule has 0 saturated carbocycles. The highest BCUT2D eigenvalue weighted by Gasteiger charge is 2.46. The van der Waals surface area contributed by atoms with Crippen LogP contribution in [-0.4, -0.2) is 39.1 Å². The summed E-state index contributed by atoms with van der Waals surface area (Å²) in [5.74, 6) is 0.812. The molecule has 1 aromatic rings. The number of aliphatic hydroxyl groups is 1. The van der Waals surface area contributed by atoms with Crippen molar-refractivity contribution in [1.29, 1.82) is 0 Å². The third-order valence-electron chi connectivity index (χ3n) is 4.21. The van der Waals surface area contributed by atoms with Crippen molar-refractivity contribution in [2.24, 2.45) is 0 Å². The maximum absolute atomic E-state index is 12.2. The van der Waals surface area contributed by atoms with Gasteiger partial charge in [0.15, 0.2) is 0 Å². The molecule has 2 atom stereocenters. The van der Waals surface area contributed by atoms with Crippen molar-refractivity contribution in [3.05, 3.63) is 24.0 Å². The van der Waals surface area contributed by atoms with Crippen molar-refractivity contribution in [1.82, 2.24) is 9.88 Å². The SMILES string of the molecule is CC1(C)Oc2ccncc2[C@@H](N2CCCCC2=O)[C@@H]1O. The first-order chi connectivity index (χ1) is 9.50. The quantitative estimate of drug-likeness (QED) is 0.847. The number of nitrogens with zero attached hydrogens (tertiary/aromatic N) is 2. The van der Waals surface area contributed by atoms with Crippen molar-refractivity contribution < 1.29 is 14.6 Å². The Morgan fingerprint density at radius 1 is 1.45 bits per heavy atom. The number of pyridine rings is 1. The topological polar surface area (TPSA) is 62.7 Å². The number of ether oxygens (including phenoxy) is 1. The number of carbonyl (C=O) groups excluding carboxylic acids is 1. The Bertz CT molecular complexity index is 530. The Balaban J connectivity index is 2.05. The molecule has 0 radical (unpaired) electrons. The van der Waals surface area contributed by atoms with Gasteiger partial charge >= 0.3 is 0 Å². The number of amides is 1. The largest absolute Gasteiger partial charge is 0.485 e. The summed E-state index contributed by atoms with van der Waals surface area (Å²) in [6.07, 6.45) is 5.06. The third-order valence-corrected chi connectivity index (χ3v) is 4.21. The minimum Gasteiger partial charge on any atom is -0.485 e. The van der Waals surface area contributed by atoms with Crippen LogP contribution in [0.15, 0.2) is 18.5 Å². The molecule has 1 amide bonds. The average Bonchev–Trinajstić information content (AvgIpc) is 2.41. The predicted octanol–water partition coefficient (Wildman–Crippen LogP) is 1.67. The molecule has 3 heterocycles. The van der Waals surface area contributed by atoms with Gasteiger partial charge in [0, 0.05) is 30.9 Å². The molecule has 3 rings (SSSR count). The summed E-state index contributed by atoms with van der Waals surface area (Å²) in [6, 6.07) is 1.43. The molecule has 1 N–H and O–H groups in total. The van der Waals surface area contributed by atoms with Crippen LogP contribution in [-0.2, 0) is 4.79 Å². The van der Waals surface area contributed by atoms with E-state index in [0.29, 0.717) is 18.7 Å². The number of fused-ring (bicyclic) bond motifs is 1. The van der Waals surface area contributed by atoms with E-state index >= 15 is 0 Å². The molecule has 108 valence electrons. The zero-order valence-electron chi connectivity index (χ0n) is 11.9. The average molecular weight is 276 g/mol. The number of hydrogen-bond acceptors (Lipinski definition) is 4. The van der Waals surface area contributed by atoms with E-state index in [1.807, 2.05) is 13.8 Å². The van der Waals surface area contributed by atoms with Crippen molar-refractivity contribution in [2.45, 2.75) is 50.9 Å². The Kier molecular flexibility index (Phi) is 3.17. The van der Waals surface area contributed by atoms with Gasteiger partial charge in [0.1, 0.15) is 17.5 Å². The minimum atomic E-state index is -0.763. The van der Waals surface area contributed by atoms with Crippen molar-refractivity contribution >= 4 is 5.91 Å². The first-order valence-electron chi connectivity index (χ1n) is 7.11. The van der Waals surface area contributed by atoms with Crippen LogP contribution in [0.1, 0.15) is 44.7 Å². The highest BCUT2D eigenvalue weighted by atomic mass is 16.5. The van der Waals surface area contributed by atoms with Gasteiger partial charge in [0.2, 0.25) is 5.91 Å². The second-order valence-electron chi connectivity index (χ2n) is 6.05. The van der Waals surface area contributed by atoms with Gasteiger partial charge in [-0.3, -0.25) is 9.78 Å². The molecule has 1 saturated heterocycles. The summed E-state index contributed by atoms with van der Waals surface area (Å²) in [5.41, 5.74) is 0.0751. The van der Waals surface area contributed by atoms with E-state index in [4.69, 9.17) is 4.74 Å². The number of likely N-dealkylation sites (tertiary alicyclic amines) is 1. The monoisotopic (exact) mass is 276 g/mol. The molecule has 2 aliphatic rings. The van der Waals surface area contributed by atoms with Crippen molar-refractivity contribution in [2.75, 3.05) is 6.54 Å². The van der Waals surface area contributed by atoms with Crippen LogP contribution in [0.5, 0.6) is 5.75 Å². The molecule has 0 bridgehead atoms. The smallest absolute Gasteiger partial charge is 0.223 e.